The molecule has 1 fully saturated rings. The predicted octanol–water partition coefficient (Wildman–Crippen LogP) is 0.666. The van der Waals surface area contributed by atoms with E-state index in [0.29, 0.717) is 18.2 Å². The van der Waals surface area contributed by atoms with E-state index in [4.69, 9.17) is 10.5 Å². The van der Waals surface area contributed by atoms with Crippen molar-refractivity contribution in [2.24, 2.45) is 5.92 Å². The van der Waals surface area contributed by atoms with Crippen molar-refractivity contribution in [2.75, 3.05) is 24.3 Å². The van der Waals surface area contributed by atoms with Crippen LogP contribution in [0.15, 0.2) is 18.2 Å². The number of benzene rings is 1. The van der Waals surface area contributed by atoms with Gasteiger partial charge in [0.1, 0.15) is 17.7 Å². The Morgan fingerprint density at radius 3 is 2.59 bits per heavy atom. The molecule has 1 heterocycles. The molecular weight excluding hydrogens is 360 g/mol. The molecule has 1 aromatic carbocycles. The number of rotatable bonds is 5. The van der Waals surface area contributed by atoms with E-state index in [0.717, 1.165) is 12.1 Å². The maximum Gasteiger partial charge on any atom is 0.230 e. The van der Waals surface area contributed by atoms with E-state index < -0.39 is 35.8 Å². The highest BCUT2D eigenvalue weighted by Gasteiger charge is 2.44. The minimum Gasteiger partial charge on any atom is -0.493 e. The smallest absolute Gasteiger partial charge is 0.230 e. The summed E-state index contributed by atoms with van der Waals surface area (Å²) in [5.41, 5.74) is 5.64. The van der Waals surface area contributed by atoms with Gasteiger partial charge in [0, 0.05) is 19.0 Å². The average molecular weight is 381 g/mol. The summed E-state index contributed by atoms with van der Waals surface area (Å²) in [4.78, 5) is 13.8. The zero-order valence-corrected chi connectivity index (χ0v) is 14.9. The zero-order chi connectivity index (χ0) is 19.7. The number of hydrogen-bond acceptors (Lipinski definition) is 8. The topological polar surface area (TPSA) is 118 Å². The third-order valence-electron chi connectivity index (χ3n) is 4.69. The lowest BCUT2D eigenvalue weighted by atomic mass is 10.1. The summed E-state index contributed by atoms with van der Waals surface area (Å²) < 4.78 is 31.7. The molecule has 4 N–H and O–H groups in total. The second-order valence-electron chi connectivity index (χ2n) is 6.58. The first-order valence-corrected chi connectivity index (χ1v) is 8.41. The second-order valence-corrected chi connectivity index (χ2v) is 6.58. The van der Waals surface area contributed by atoms with Gasteiger partial charge < -0.3 is 25.6 Å². The van der Waals surface area contributed by atoms with E-state index in [-0.39, 0.29) is 18.3 Å². The molecular formula is C17H21F2N5O3. The van der Waals surface area contributed by atoms with Crippen molar-refractivity contribution in [3.05, 3.63) is 35.7 Å². The molecule has 146 valence electrons. The van der Waals surface area contributed by atoms with Crippen molar-refractivity contribution in [3.63, 3.8) is 0 Å². The highest BCUT2D eigenvalue weighted by atomic mass is 19.2. The molecule has 1 aliphatic carbocycles. The first kappa shape index (κ1) is 19.2. The van der Waals surface area contributed by atoms with Crippen molar-refractivity contribution < 1.29 is 23.7 Å². The van der Waals surface area contributed by atoms with Gasteiger partial charge in [-0.3, -0.25) is 0 Å². The summed E-state index contributed by atoms with van der Waals surface area (Å²) in [7, 11) is 1.69. The summed E-state index contributed by atoms with van der Waals surface area (Å²) in [6, 6.07) is 2.73. The largest absolute Gasteiger partial charge is 0.493 e. The Morgan fingerprint density at radius 2 is 1.93 bits per heavy atom. The van der Waals surface area contributed by atoms with E-state index in [9.17, 15) is 19.0 Å². The van der Waals surface area contributed by atoms with Crippen LogP contribution in [-0.4, -0.2) is 57.1 Å². The number of halogens is 2. The van der Waals surface area contributed by atoms with Gasteiger partial charge in [-0.1, -0.05) is 0 Å². The first-order chi connectivity index (χ1) is 12.8. The van der Waals surface area contributed by atoms with Gasteiger partial charge in [0.15, 0.2) is 11.6 Å². The molecule has 0 spiro atoms. The number of aryl methyl sites for hydroxylation is 1. The minimum atomic E-state index is -1.06. The standard InChI is InChI=1S/C17H21F2N5O3/c1-8-21-16(20)23-17(22-8)24(2)13-5-9(14(25)15(13)26)7-27-10-3-4-11(18)12(19)6-10/h3-4,6,9,13-15,25-26H,5,7H2,1-2H3,(H2,20,21,22,23)/t9-,13-,14-,15+/m1/s1. The minimum absolute atomic E-state index is 0.0337. The molecule has 0 amide bonds. The maximum atomic E-state index is 13.3. The van der Waals surface area contributed by atoms with E-state index >= 15 is 0 Å². The zero-order valence-electron chi connectivity index (χ0n) is 14.9. The Kier molecular flexibility index (Phi) is 5.38. The lowest BCUT2D eigenvalue weighted by Gasteiger charge is -2.27. The summed E-state index contributed by atoms with van der Waals surface area (Å²) in [5.74, 6) is -1.45. The van der Waals surface area contributed by atoms with Gasteiger partial charge in [0.2, 0.25) is 11.9 Å². The Labute approximate surface area is 154 Å². The predicted molar refractivity (Wildman–Crippen MR) is 93.1 cm³/mol. The van der Waals surface area contributed by atoms with Crippen LogP contribution in [0.3, 0.4) is 0 Å². The van der Waals surface area contributed by atoms with Crippen molar-refractivity contribution >= 4 is 11.9 Å². The number of anilines is 2. The van der Waals surface area contributed by atoms with Crippen molar-refractivity contribution in [3.8, 4) is 5.75 Å². The SMILES string of the molecule is Cc1nc(N)nc(N(C)[C@@H]2C[C@H](COc3ccc(F)c(F)c3)[C@@H](O)[C@H]2O)n1. The number of ether oxygens (including phenoxy) is 1. The van der Waals surface area contributed by atoms with Crippen LogP contribution >= 0.6 is 0 Å². The van der Waals surface area contributed by atoms with Crippen molar-refractivity contribution in [1.29, 1.82) is 0 Å². The fraction of sp³-hybridized carbons (Fsp3) is 0.471. The molecule has 1 aliphatic rings. The van der Waals surface area contributed by atoms with Crippen LogP contribution in [0.25, 0.3) is 0 Å². The first-order valence-electron chi connectivity index (χ1n) is 8.41. The molecule has 10 heteroatoms. The molecule has 0 aliphatic heterocycles. The number of likely N-dealkylation sites (N-methyl/N-ethyl adjacent to an activating group) is 1. The molecule has 3 rings (SSSR count). The maximum absolute atomic E-state index is 13.3. The van der Waals surface area contributed by atoms with Crippen LogP contribution in [0, 0.1) is 24.5 Å². The van der Waals surface area contributed by atoms with Gasteiger partial charge in [-0.05, 0) is 25.5 Å². The molecule has 0 unspecified atom stereocenters. The Bertz CT molecular complexity index is 805. The van der Waals surface area contributed by atoms with E-state index in [2.05, 4.69) is 15.0 Å². The summed E-state index contributed by atoms with van der Waals surface area (Å²) in [6.45, 7) is 1.71. The van der Waals surface area contributed by atoms with Crippen molar-refractivity contribution in [1.82, 2.24) is 15.0 Å². The van der Waals surface area contributed by atoms with Gasteiger partial charge in [-0.2, -0.15) is 15.0 Å². The molecule has 8 nitrogen and oxygen atoms in total. The molecule has 2 aromatic rings. The molecule has 4 atom stereocenters. The van der Waals surface area contributed by atoms with Crippen LogP contribution < -0.4 is 15.4 Å². The normalized spacial score (nSPS) is 24.8. The highest BCUT2D eigenvalue weighted by Crippen LogP contribution is 2.32. The van der Waals surface area contributed by atoms with E-state index in [1.807, 2.05) is 0 Å². The highest BCUT2D eigenvalue weighted by molar-refractivity contribution is 5.36. The lowest BCUT2D eigenvalue weighted by molar-refractivity contribution is 0.00511. The molecule has 0 bridgehead atoms. The number of aliphatic hydroxyl groups excluding tert-OH is 2. The van der Waals surface area contributed by atoms with Crippen LogP contribution in [-0.2, 0) is 0 Å². The molecule has 0 saturated heterocycles. The second kappa shape index (κ2) is 7.57. The average Bonchev–Trinajstić information content (AvgIpc) is 2.89. The Balaban J connectivity index is 1.68. The number of aliphatic hydroxyl groups is 2. The molecule has 0 radical (unpaired) electrons. The quantitative estimate of drug-likeness (QED) is 0.692. The van der Waals surface area contributed by atoms with Crippen LogP contribution in [0.5, 0.6) is 5.75 Å². The number of nitrogens with two attached hydrogens (primary N) is 1. The number of hydrogen-bond donors (Lipinski definition) is 3. The van der Waals surface area contributed by atoms with Gasteiger partial charge in [0.05, 0.1) is 18.8 Å². The monoisotopic (exact) mass is 381 g/mol. The third-order valence-corrected chi connectivity index (χ3v) is 4.69. The number of aromatic nitrogens is 3. The van der Waals surface area contributed by atoms with Gasteiger partial charge in [0.25, 0.3) is 0 Å². The fourth-order valence-corrected chi connectivity index (χ4v) is 3.21. The summed E-state index contributed by atoms with van der Waals surface area (Å²) in [5, 5.41) is 20.8. The number of nitrogens with zero attached hydrogens (tertiary/aromatic N) is 4. The van der Waals surface area contributed by atoms with E-state index in [1.54, 1.807) is 18.9 Å². The molecule has 27 heavy (non-hydrogen) atoms. The molecule has 1 aromatic heterocycles. The van der Waals surface area contributed by atoms with Gasteiger partial charge in [-0.25, -0.2) is 8.78 Å². The van der Waals surface area contributed by atoms with E-state index in [1.165, 1.54) is 6.07 Å². The number of nitrogen functional groups attached to an aromatic ring is 1. The van der Waals surface area contributed by atoms with Crippen LogP contribution in [0.4, 0.5) is 20.7 Å². The Morgan fingerprint density at radius 1 is 1.19 bits per heavy atom. The third kappa shape index (κ3) is 4.06. The van der Waals surface area contributed by atoms with Crippen LogP contribution in [0.2, 0.25) is 0 Å². The Hall–Kier alpha value is -2.59. The lowest BCUT2D eigenvalue weighted by Crippen LogP contribution is -2.42. The van der Waals surface area contributed by atoms with Gasteiger partial charge >= 0.3 is 0 Å². The summed E-state index contributed by atoms with van der Waals surface area (Å²) in [6.07, 6.45) is -1.73. The summed E-state index contributed by atoms with van der Waals surface area (Å²) >= 11 is 0. The molecule has 1 saturated carbocycles. The fourth-order valence-electron chi connectivity index (χ4n) is 3.21. The van der Waals surface area contributed by atoms with Crippen LogP contribution in [0.1, 0.15) is 12.2 Å². The van der Waals surface area contributed by atoms with Gasteiger partial charge in [-0.15, -0.1) is 0 Å². The van der Waals surface area contributed by atoms with Crippen molar-refractivity contribution in [2.45, 2.75) is 31.6 Å².